The maximum atomic E-state index is 13.7. The van der Waals surface area contributed by atoms with Gasteiger partial charge in [0.2, 0.25) is 5.91 Å². The Hall–Kier alpha value is -3.53. The highest BCUT2D eigenvalue weighted by Crippen LogP contribution is 2.25. The first kappa shape index (κ1) is 20.7. The Morgan fingerprint density at radius 1 is 0.903 bits per heavy atom. The van der Waals surface area contributed by atoms with Crippen molar-refractivity contribution in [2.75, 3.05) is 0 Å². The van der Waals surface area contributed by atoms with Crippen LogP contribution in [-0.2, 0) is 24.4 Å². The molecule has 0 N–H and O–H groups in total. The molecule has 0 saturated carbocycles. The fourth-order valence-corrected chi connectivity index (χ4v) is 3.98. The molecule has 2 aromatic carbocycles. The zero-order valence-electron chi connectivity index (χ0n) is 17.9. The van der Waals surface area contributed by atoms with E-state index in [1.807, 2.05) is 59.5 Å². The van der Waals surface area contributed by atoms with E-state index in [1.165, 1.54) is 5.56 Å². The molecule has 0 fully saturated rings. The van der Waals surface area contributed by atoms with Crippen molar-refractivity contribution in [3.8, 4) is 0 Å². The van der Waals surface area contributed by atoms with Crippen molar-refractivity contribution in [3.05, 3.63) is 120 Å². The van der Waals surface area contributed by atoms with E-state index in [-0.39, 0.29) is 11.8 Å². The minimum Gasteiger partial charge on any atom is -0.467 e. The number of hydrogen-bond acceptors (Lipinski definition) is 2. The summed E-state index contributed by atoms with van der Waals surface area (Å²) in [5.74, 6) is 0.740. The maximum Gasteiger partial charge on any atom is 0.230 e. The summed E-state index contributed by atoms with van der Waals surface area (Å²) in [6, 6.07) is 28.3. The molecule has 158 valence electrons. The zero-order chi connectivity index (χ0) is 21.5. The van der Waals surface area contributed by atoms with Crippen LogP contribution < -0.4 is 0 Å². The van der Waals surface area contributed by atoms with Crippen molar-refractivity contribution in [2.45, 2.75) is 38.9 Å². The molecule has 4 aromatic rings. The predicted molar refractivity (Wildman–Crippen MR) is 122 cm³/mol. The number of carbonyl (C=O) groups is 1. The lowest BCUT2D eigenvalue weighted by Crippen LogP contribution is -2.34. The van der Waals surface area contributed by atoms with Gasteiger partial charge in [-0.1, -0.05) is 67.6 Å². The van der Waals surface area contributed by atoms with E-state index in [4.69, 9.17) is 4.42 Å². The minimum atomic E-state index is -0.173. The molecule has 1 unspecified atom stereocenters. The highest BCUT2D eigenvalue weighted by atomic mass is 16.3. The van der Waals surface area contributed by atoms with Gasteiger partial charge in [-0.15, -0.1) is 0 Å². The Morgan fingerprint density at radius 3 is 2.32 bits per heavy atom. The average Bonchev–Trinajstić information content (AvgIpc) is 3.48. The van der Waals surface area contributed by atoms with Crippen LogP contribution in [0.15, 0.2) is 102 Å². The summed E-state index contributed by atoms with van der Waals surface area (Å²) in [5, 5.41) is 0. The molecule has 0 aliphatic carbocycles. The standard InChI is InChI=1S/C27H28N2O2/c1-2-26(23-13-7-4-8-14-23)27(30)29(21-25-16-10-18-31-25)20-24-15-9-17-28(24)19-22-11-5-3-6-12-22/h3-18,26H,2,19-21H2,1H3. The van der Waals surface area contributed by atoms with Gasteiger partial charge in [-0.2, -0.15) is 0 Å². The third-order valence-electron chi connectivity index (χ3n) is 5.62. The second-order valence-electron chi connectivity index (χ2n) is 7.76. The van der Waals surface area contributed by atoms with Gasteiger partial charge in [0.05, 0.1) is 25.3 Å². The Morgan fingerprint density at radius 2 is 1.65 bits per heavy atom. The molecule has 4 nitrogen and oxygen atoms in total. The molecule has 0 saturated heterocycles. The SMILES string of the molecule is CCC(C(=O)N(Cc1ccco1)Cc1cccn1Cc1ccccc1)c1ccccc1. The lowest BCUT2D eigenvalue weighted by atomic mass is 9.95. The average molecular weight is 413 g/mol. The molecule has 0 bridgehead atoms. The van der Waals surface area contributed by atoms with Gasteiger partial charge >= 0.3 is 0 Å². The summed E-state index contributed by atoms with van der Waals surface area (Å²) < 4.78 is 7.79. The van der Waals surface area contributed by atoms with Crippen molar-refractivity contribution in [2.24, 2.45) is 0 Å². The van der Waals surface area contributed by atoms with Crippen molar-refractivity contribution in [1.29, 1.82) is 0 Å². The fraction of sp³-hybridized carbons (Fsp3) is 0.222. The number of amides is 1. The summed E-state index contributed by atoms with van der Waals surface area (Å²) in [6.45, 7) is 3.83. The quantitative estimate of drug-likeness (QED) is 0.346. The molecule has 0 aliphatic rings. The van der Waals surface area contributed by atoms with Crippen molar-refractivity contribution < 1.29 is 9.21 Å². The molecule has 4 rings (SSSR count). The number of nitrogens with zero attached hydrogens (tertiary/aromatic N) is 2. The van der Waals surface area contributed by atoms with Crippen LogP contribution in [0.3, 0.4) is 0 Å². The van der Waals surface area contributed by atoms with Gasteiger partial charge in [0.1, 0.15) is 5.76 Å². The van der Waals surface area contributed by atoms with Gasteiger partial charge in [-0.25, -0.2) is 0 Å². The first-order valence-electron chi connectivity index (χ1n) is 10.8. The Labute approximate surface area is 183 Å². The third-order valence-corrected chi connectivity index (χ3v) is 5.62. The van der Waals surface area contributed by atoms with Gasteiger partial charge in [0.15, 0.2) is 0 Å². The lowest BCUT2D eigenvalue weighted by molar-refractivity contribution is -0.134. The second kappa shape index (κ2) is 9.98. The highest BCUT2D eigenvalue weighted by molar-refractivity contribution is 5.83. The van der Waals surface area contributed by atoms with Crippen LogP contribution in [0.25, 0.3) is 0 Å². The monoisotopic (exact) mass is 412 g/mol. The van der Waals surface area contributed by atoms with Crippen LogP contribution >= 0.6 is 0 Å². The first-order valence-corrected chi connectivity index (χ1v) is 10.8. The van der Waals surface area contributed by atoms with Crippen LogP contribution in [0.2, 0.25) is 0 Å². The van der Waals surface area contributed by atoms with E-state index in [0.717, 1.165) is 30.0 Å². The largest absolute Gasteiger partial charge is 0.467 e. The van der Waals surface area contributed by atoms with Gasteiger partial charge in [0, 0.05) is 18.4 Å². The maximum absolute atomic E-state index is 13.7. The summed E-state index contributed by atoms with van der Waals surface area (Å²) in [6.07, 6.45) is 4.49. The van der Waals surface area contributed by atoms with Gasteiger partial charge in [-0.3, -0.25) is 4.79 Å². The topological polar surface area (TPSA) is 38.4 Å². The highest BCUT2D eigenvalue weighted by Gasteiger charge is 2.26. The molecule has 0 aliphatic heterocycles. The number of rotatable bonds is 9. The number of aromatic nitrogens is 1. The third kappa shape index (κ3) is 5.15. The molecular weight excluding hydrogens is 384 g/mol. The van der Waals surface area contributed by atoms with Crippen molar-refractivity contribution >= 4 is 5.91 Å². The Balaban J connectivity index is 1.59. The van der Waals surface area contributed by atoms with Gasteiger partial charge in [-0.05, 0) is 41.8 Å². The van der Waals surface area contributed by atoms with Crippen LogP contribution in [-0.4, -0.2) is 15.4 Å². The molecule has 0 spiro atoms. The van der Waals surface area contributed by atoms with E-state index in [0.29, 0.717) is 13.1 Å². The first-order chi connectivity index (χ1) is 15.2. The van der Waals surface area contributed by atoms with E-state index >= 15 is 0 Å². The van der Waals surface area contributed by atoms with E-state index in [9.17, 15) is 4.79 Å². The fourth-order valence-electron chi connectivity index (χ4n) is 3.98. The van der Waals surface area contributed by atoms with Gasteiger partial charge in [0.25, 0.3) is 0 Å². The summed E-state index contributed by atoms with van der Waals surface area (Å²) in [4.78, 5) is 15.6. The lowest BCUT2D eigenvalue weighted by Gasteiger charge is -2.27. The Kier molecular flexibility index (Phi) is 6.68. The molecule has 1 atom stereocenters. The summed E-state index contributed by atoms with van der Waals surface area (Å²) >= 11 is 0. The normalized spacial score (nSPS) is 11.9. The van der Waals surface area contributed by atoms with E-state index in [1.54, 1.807) is 6.26 Å². The number of furan rings is 1. The van der Waals surface area contributed by atoms with Crippen LogP contribution in [0.5, 0.6) is 0 Å². The summed E-state index contributed by atoms with van der Waals surface area (Å²) in [5.41, 5.74) is 3.39. The summed E-state index contributed by atoms with van der Waals surface area (Å²) in [7, 11) is 0. The smallest absolute Gasteiger partial charge is 0.230 e. The molecular formula is C27H28N2O2. The van der Waals surface area contributed by atoms with Crippen LogP contribution in [0.1, 0.15) is 41.8 Å². The van der Waals surface area contributed by atoms with E-state index < -0.39 is 0 Å². The molecule has 4 heteroatoms. The van der Waals surface area contributed by atoms with E-state index in [2.05, 4.69) is 48.0 Å². The second-order valence-corrected chi connectivity index (χ2v) is 7.76. The molecule has 2 aromatic heterocycles. The Bertz CT molecular complexity index is 1070. The molecule has 2 heterocycles. The zero-order valence-corrected chi connectivity index (χ0v) is 17.9. The number of carbonyl (C=O) groups excluding carboxylic acids is 1. The molecule has 31 heavy (non-hydrogen) atoms. The number of benzene rings is 2. The van der Waals surface area contributed by atoms with Crippen LogP contribution in [0, 0.1) is 0 Å². The number of hydrogen-bond donors (Lipinski definition) is 0. The van der Waals surface area contributed by atoms with Crippen molar-refractivity contribution in [3.63, 3.8) is 0 Å². The minimum absolute atomic E-state index is 0.123. The molecule has 0 radical (unpaired) electrons. The van der Waals surface area contributed by atoms with Crippen LogP contribution in [0.4, 0.5) is 0 Å². The predicted octanol–water partition coefficient (Wildman–Crippen LogP) is 5.85. The van der Waals surface area contributed by atoms with Gasteiger partial charge < -0.3 is 13.9 Å². The van der Waals surface area contributed by atoms with Crippen molar-refractivity contribution in [1.82, 2.24) is 9.47 Å². The molecule has 1 amide bonds.